The minimum absolute atomic E-state index is 0.928. The third kappa shape index (κ3) is 0.688. The van der Waals surface area contributed by atoms with Crippen molar-refractivity contribution < 1.29 is 0 Å². The van der Waals surface area contributed by atoms with Gasteiger partial charge in [0.1, 0.15) is 0 Å². The maximum absolute atomic E-state index is 2.55. The van der Waals surface area contributed by atoms with E-state index in [-0.39, 0.29) is 0 Å². The molecule has 64 valence electrons. The van der Waals surface area contributed by atoms with E-state index in [4.69, 9.17) is 0 Å². The lowest BCUT2D eigenvalue weighted by Gasteiger charge is -2.22. The molecular formula is C12H16. The van der Waals surface area contributed by atoms with Gasteiger partial charge in [0.15, 0.2) is 0 Å². The fourth-order valence-electron chi connectivity index (χ4n) is 3.65. The number of hydrogen-bond acceptors (Lipinski definition) is 0. The Hall–Kier alpha value is -0.520. The smallest absolute Gasteiger partial charge is 0.0128 e. The predicted octanol–water partition coefficient (Wildman–Crippen LogP) is 3.16. The van der Waals surface area contributed by atoms with Crippen molar-refractivity contribution in [2.45, 2.75) is 26.7 Å². The molecule has 1 fully saturated rings. The second kappa shape index (κ2) is 2.04. The van der Waals surface area contributed by atoms with E-state index in [1.807, 2.05) is 0 Å². The van der Waals surface area contributed by atoms with E-state index in [0.29, 0.717) is 0 Å². The van der Waals surface area contributed by atoms with Gasteiger partial charge in [0.2, 0.25) is 0 Å². The highest BCUT2D eigenvalue weighted by atomic mass is 14.5. The van der Waals surface area contributed by atoms with Crippen molar-refractivity contribution in [2.24, 2.45) is 23.7 Å². The number of hydrogen-bond donors (Lipinski definition) is 0. The molecule has 2 bridgehead atoms. The molecule has 0 aliphatic heterocycles. The van der Waals surface area contributed by atoms with Gasteiger partial charge in [0, 0.05) is 0 Å². The molecule has 0 amide bonds. The average molecular weight is 160 g/mol. The van der Waals surface area contributed by atoms with Crippen LogP contribution in [-0.4, -0.2) is 0 Å². The topological polar surface area (TPSA) is 0 Å². The van der Waals surface area contributed by atoms with Gasteiger partial charge in [-0.2, -0.15) is 0 Å². The molecule has 0 unspecified atom stereocenters. The highest BCUT2D eigenvalue weighted by molar-refractivity contribution is 5.29. The normalized spacial score (nSPS) is 49.2. The summed E-state index contributed by atoms with van der Waals surface area (Å²) in [5, 5.41) is 0. The maximum Gasteiger partial charge on any atom is -0.0128 e. The van der Waals surface area contributed by atoms with Gasteiger partial charge in [-0.15, -0.1) is 0 Å². The summed E-state index contributed by atoms with van der Waals surface area (Å²) in [5.74, 6) is 3.80. The number of allylic oxidation sites excluding steroid dienone is 4. The molecule has 3 rings (SSSR count). The Labute approximate surface area is 74.4 Å². The predicted molar refractivity (Wildman–Crippen MR) is 50.7 cm³/mol. The van der Waals surface area contributed by atoms with E-state index >= 15 is 0 Å². The summed E-state index contributed by atoms with van der Waals surface area (Å²) in [4.78, 5) is 0. The fraction of sp³-hybridized carbons (Fsp3) is 0.667. The maximum atomic E-state index is 2.55. The quantitative estimate of drug-likeness (QED) is 0.477. The van der Waals surface area contributed by atoms with Gasteiger partial charge >= 0.3 is 0 Å². The number of rotatable bonds is 0. The Morgan fingerprint density at radius 2 is 2.08 bits per heavy atom. The van der Waals surface area contributed by atoms with Crippen LogP contribution < -0.4 is 0 Å². The molecule has 3 aliphatic carbocycles. The summed E-state index contributed by atoms with van der Waals surface area (Å²) in [6.45, 7) is 4.62. The summed E-state index contributed by atoms with van der Waals surface area (Å²) >= 11 is 0. The number of fused-ring (bicyclic) bond motifs is 5. The Kier molecular flexibility index (Phi) is 1.18. The van der Waals surface area contributed by atoms with E-state index in [9.17, 15) is 0 Å². The van der Waals surface area contributed by atoms with E-state index in [1.165, 1.54) is 12.8 Å². The molecular weight excluding hydrogens is 144 g/mol. The zero-order valence-electron chi connectivity index (χ0n) is 7.88. The summed E-state index contributed by atoms with van der Waals surface area (Å²) in [5.41, 5.74) is 3.31. The molecule has 0 nitrogen and oxygen atoms in total. The lowest BCUT2D eigenvalue weighted by Crippen LogP contribution is -2.15. The van der Waals surface area contributed by atoms with Gasteiger partial charge in [0.05, 0.1) is 0 Å². The van der Waals surface area contributed by atoms with Gasteiger partial charge in [-0.1, -0.05) is 23.3 Å². The molecule has 0 aromatic rings. The Bertz CT molecular complexity index is 282. The van der Waals surface area contributed by atoms with Crippen LogP contribution in [0.3, 0.4) is 0 Å². The van der Waals surface area contributed by atoms with E-state index in [0.717, 1.165) is 23.7 Å². The first-order valence-electron chi connectivity index (χ1n) is 5.11. The molecule has 4 atom stereocenters. The molecule has 3 aliphatic rings. The van der Waals surface area contributed by atoms with Gasteiger partial charge in [-0.05, 0) is 50.4 Å². The standard InChI is InChI=1S/C12H16/c1-7-3-11-9-5-8(2)10(6-9)12(11)4-7/h4-5,9-12H,3,6H2,1-2H3/t9-,10-,11-,12-/m0/s1. The van der Waals surface area contributed by atoms with Crippen molar-refractivity contribution >= 4 is 0 Å². The van der Waals surface area contributed by atoms with Gasteiger partial charge in [-0.25, -0.2) is 0 Å². The van der Waals surface area contributed by atoms with Crippen molar-refractivity contribution in [3.05, 3.63) is 23.3 Å². The zero-order chi connectivity index (χ0) is 8.29. The Morgan fingerprint density at radius 1 is 1.25 bits per heavy atom. The fourth-order valence-corrected chi connectivity index (χ4v) is 3.65. The molecule has 0 N–H and O–H groups in total. The first-order valence-corrected chi connectivity index (χ1v) is 5.11. The van der Waals surface area contributed by atoms with Gasteiger partial charge in [-0.3, -0.25) is 0 Å². The highest BCUT2D eigenvalue weighted by Gasteiger charge is 2.47. The van der Waals surface area contributed by atoms with Crippen LogP contribution in [0.1, 0.15) is 26.7 Å². The molecule has 0 saturated heterocycles. The molecule has 0 aromatic heterocycles. The van der Waals surface area contributed by atoms with Crippen LogP contribution in [0.15, 0.2) is 23.3 Å². The summed E-state index contributed by atoms with van der Waals surface area (Å²) in [6, 6.07) is 0. The first-order chi connectivity index (χ1) is 5.75. The Morgan fingerprint density at radius 3 is 2.92 bits per heavy atom. The second-order valence-corrected chi connectivity index (χ2v) is 4.88. The second-order valence-electron chi connectivity index (χ2n) is 4.88. The van der Waals surface area contributed by atoms with E-state index < -0.39 is 0 Å². The van der Waals surface area contributed by atoms with E-state index in [2.05, 4.69) is 26.0 Å². The SMILES string of the molecule is CC1=C[C@@H]2[C@@H](C1)[C@H]1C=C(C)[C@@H]2C1. The van der Waals surface area contributed by atoms with E-state index in [1.54, 1.807) is 11.1 Å². The monoisotopic (exact) mass is 160 g/mol. The zero-order valence-corrected chi connectivity index (χ0v) is 7.88. The third-order valence-corrected chi connectivity index (χ3v) is 4.13. The van der Waals surface area contributed by atoms with Crippen LogP contribution in [-0.2, 0) is 0 Å². The van der Waals surface area contributed by atoms with Crippen LogP contribution in [0.25, 0.3) is 0 Å². The summed E-state index contributed by atoms with van der Waals surface area (Å²) in [6.07, 6.45) is 7.94. The molecule has 12 heavy (non-hydrogen) atoms. The molecule has 0 heterocycles. The molecule has 1 saturated carbocycles. The third-order valence-electron chi connectivity index (χ3n) is 4.13. The minimum Gasteiger partial charge on any atom is -0.0819 e. The lowest BCUT2D eigenvalue weighted by atomic mass is 9.82. The summed E-state index contributed by atoms with van der Waals surface area (Å²) in [7, 11) is 0. The van der Waals surface area contributed by atoms with Crippen molar-refractivity contribution in [1.82, 2.24) is 0 Å². The Balaban J connectivity index is 2.00. The van der Waals surface area contributed by atoms with Crippen LogP contribution in [0.2, 0.25) is 0 Å². The van der Waals surface area contributed by atoms with Crippen molar-refractivity contribution in [3.63, 3.8) is 0 Å². The lowest BCUT2D eigenvalue weighted by molar-refractivity contribution is 0.386. The van der Waals surface area contributed by atoms with Crippen LogP contribution in [0.4, 0.5) is 0 Å². The van der Waals surface area contributed by atoms with Gasteiger partial charge < -0.3 is 0 Å². The molecule has 0 spiro atoms. The largest absolute Gasteiger partial charge is 0.0819 e. The van der Waals surface area contributed by atoms with Crippen LogP contribution >= 0.6 is 0 Å². The molecule has 0 heteroatoms. The molecule has 0 aromatic carbocycles. The highest BCUT2D eigenvalue weighted by Crippen LogP contribution is 2.56. The van der Waals surface area contributed by atoms with Gasteiger partial charge in [0.25, 0.3) is 0 Å². The summed E-state index contributed by atoms with van der Waals surface area (Å²) < 4.78 is 0. The minimum atomic E-state index is 0.928. The van der Waals surface area contributed by atoms with Crippen molar-refractivity contribution in [2.75, 3.05) is 0 Å². The average Bonchev–Trinajstić information content (AvgIpc) is 2.57. The van der Waals surface area contributed by atoms with Crippen molar-refractivity contribution in [3.8, 4) is 0 Å². The van der Waals surface area contributed by atoms with Crippen LogP contribution in [0, 0.1) is 23.7 Å². The van der Waals surface area contributed by atoms with Crippen LogP contribution in [0.5, 0.6) is 0 Å². The first kappa shape index (κ1) is 6.94. The molecule has 0 radical (unpaired) electrons. The van der Waals surface area contributed by atoms with Crippen molar-refractivity contribution in [1.29, 1.82) is 0 Å².